The zero-order valence-corrected chi connectivity index (χ0v) is 21.5. The second kappa shape index (κ2) is 11.5. The van der Waals surface area contributed by atoms with Gasteiger partial charge in [-0.3, -0.25) is 9.59 Å². The summed E-state index contributed by atoms with van der Waals surface area (Å²) in [5.74, 6) is -1.17. The molecule has 1 heterocycles. The predicted molar refractivity (Wildman–Crippen MR) is 136 cm³/mol. The molecule has 1 aliphatic heterocycles. The van der Waals surface area contributed by atoms with Gasteiger partial charge in [0.25, 0.3) is 5.91 Å². The van der Waals surface area contributed by atoms with Gasteiger partial charge < -0.3 is 10.6 Å². The highest BCUT2D eigenvalue weighted by Gasteiger charge is 2.33. The lowest BCUT2D eigenvalue weighted by molar-refractivity contribution is -0.120. The van der Waals surface area contributed by atoms with Crippen molar-refractivity contribution in [1.82, 2.24) is 9.62 Å². The number of sulfonamides is 1. The maximum absolute atomic E-state index is 13.1. The average molecular weight is 526 g/mol. The molecule has 0 bridgehead atoms. The van der Waals surface area contributed by atoms with Crippen LogP contribution in [0.1, 0.15) is 42.6 Å². The van der Waals surface area contributed by atoms with E-state index in [1.165, 1.54) is 4.31 Å². The van der Waals surface area contributed by atoms with E-state index in [4.69, 9.17) is 23.2 Å². The van der Waals surface area contributed by atoms with Crippen molar-refractivity contribution in [1.29, 1.82) is 0 Å². The smallest absolute Gasteiger partial charge is 0.253 e. The van der Waals surface area contributed by atoms with E-state index < -0.39 is 15.9 Å². The number of hydrogen-bond acceptors (Lipinski definition) is 4. The Morgan fingerprint density at radius 1 is 1.09 bits per heavy atom. The summed E-state index contributed by atoms with van der Waals surface area (Å²) in [6, 6.07) is 11.6. The maximum Gasteiger partial charge on any atom is 0.253 e. The van der Waals surface area contributed by atoms with Crippen molar-refractivity contribution in [2.45, 2.75) is 32.4 Å². The van der Waals surface area contributed by atoms with Gasteiger partial charge >= 0.3 is 0 Å². The monoisotopic (exact) mass is 525 g/mol. The first-order valence-corrected chi connectivity index (χ1v) is 13.5. The van der Waals surface area contributed by atoms with Crippen LogP contribution in [0.5, 0.6) is 0 Å². The molecule has 2 amide bonds. The number of halogens is 2. The van der Waals surface area contributed by atoms with Gasteiger partial charge in [-0.1, -0.05) is 55.2 Å². The molecule has 1 aliphatic rings. The van der Waals surface area contributed by atoms with E-state index in [1.807, 2.05) is 13.8 Å². The van der Waals surface area contributed by atoms with Gasteiger partial charge in [0.15, 0.2) is 0 Å². The SMILES string of the molecule is CC(C)CNC(=O)c1ccccc1NC(=O)C1CCCN(S(=O)(=O)Cc2c(Cl)cccc2Cl)C1. The third kappa shape index (κ3) is 6.72. The zero-order valence-electron chi connectivity index (χ0n) is 19.2. The van der Waals surface area contributed by atoms with E-state index in [0.717, 1.165) is 0 Å². The molecule has 34 heavy (non-hydrogen) atoms. The summed E-state index contributed by atoms with van der Waals surface area (Å²) < 4.78 is 27.5. The van der Waals surface area contributed by atoms with Crippen LogP contribution in [0.4, 0.5) is 5.69 Å². The van der Waals surface area contributed by atoms with Crippen molar-refractivity contribution in [2.24, 2.45) is 11.8 Å². The van der Waals surface area contributed by atoms with E-state index in [-0.39, 0.29) is 34.2 Å². The van der Waals surface area contributed by atoms with E-state index in [0.29, 0.717) is 48.7 Å². The Balaban J connectivity index is 1.70. The molecule has 1 unspecified atom stereocenters. The number of benzene rings is 2. The Kier molecular flexibility index (Phi) is 8.98. The Morgan fingerprint density at radius 3 is 2.44 bits per heavy atom. The minimum absolute atomic E-state index is 0.0535. The molecule has 0 radical (unpaired) electrons. The first-order valence-electron chi connectivity index (χ1n) is 11.2. The highest BCUT2D eigenvalue weighted by molar-refractivity contribution is 7.88. The van der Waals surface area contributed by atoms with E-state index in [1.54, 1.807) is 42.5 Å². The van der Waals surface area contributed by atoms with Crippen LogP contribution in [0.3, 0.4) is 0 Å². The molecular weight excluding hydrogens is 497 g/mol. The number of anilines is 1. The topological polar surface area (TPSA) is 95.6 Å². The number of nitrogens with one attached hydrogen (secondary N) is 2. The van der Waals surface area contributed by atoms with Gasteiger partial charge in [-0.2, -0.15) is 0 Å². The molecule has 3 rings (SSSR count). The van der Waals surface area contributed by atoms with Gasteiger partial charge in [0.1, 0.15) is 0 Å². The van der Waals surface area contributed by atoms with Crippen molar-refractivity contribution >= 4 is 50.7 Å². The lowest BCUT2D eigenvalue weighted by Gasteiger charge is -2.31. The van der Waals surface area contributed by atoms with Gasteiger partial charge in [0.2, 0.25) is 15.9 Å². The normalized spacial score (nSPS) is 16.9. The van der Waals surface area contributed by atoms with Crippen LogP contribution in [-0.2, 0) is 20.6 Å². The number of amides is 2. The summed E-state index contributed by atoms with van der Waals surface area (Å²) in [7, 11) is -3.74. The fraction of sp³-hybridized carbons (Fsp3) is 0.417. The quantitative estimate of drug-likeness (QED) is 0.527. The highest BCUT2D eigenvalue weighted by atomic mass is 35.5. The Hall–Kier alpha value is -2.13. The molecule has 0 aromatic heterocycles. The third-order valence-electron chi connectivity index (χ3n) is 5.64. The van der Waals surface area contributed by atoms with Gasteiger partial charge in [-0.25, -0.2) is 12.7 Å². The number of carbonyl (C=O) groups excluding carboxylic acids is 2. The second-order valence-electron chi connectivity index (χ2n) is 8.79. The summed E-state index contributed by atoms with van der Waals surface area (Å²) in [4.78, 5) is 25.6. The molecule has 2 N–H and O–H groups in total. The van der Waals surface area contributed by atoms with Gasteiger partial charge in [0, 0.05) is 35.2 Å². The van der Waals surface area contributed by atoms with Crippen molar-refractivity contribution in [3.8, 4) is 0 Å². The van der Waals surface area contributed by atoms with Crippen LogP contribution >= 0.6 is 23.2 Å². The number of rotatable bonds is 8. The average Bonchev–Trinajstić information content (AvgIpc) is 2.80. The maximum atomic E-state index is 13.1. The summed E-state index contributed by atoms with van der Waals surface area (Å²) in [5, 5.41) is 6.25. The van der Waals surface area contributed by atoms with Crippen LogP contribution in [0.15, 0.2) is 42.5 Å². The fourth-order valence-corrected chi connectivity index (χ4v) is 6.13. The van der Waals surface area contributed by atoms with Crippen LogP contribution in [0.2, 0.25) is 10.0 Å². The molecule has 10 heteroatoms. The highest BCUT2D eigenvalue weighted by Crippen LogP contribution is 2.29. The summed E-state index contributed by atoms with van der Waals surface area (Å²) in [5.41, 5.74) is 1.11. The lowest BCUT2D eigenvalue weighted by atomic mass is 9.98. The molecule has 7 nitrogen and oxygen atoms in total. The molecule has 0 saturated carbocycles. The summed E-state index contributed by atoms with van der Waals surface area (Å²) in [6.45, 7) is 4.89. The summed E-state index contributed by atoms with van der Waals surface area (Å²) in [6.07, 6.45) is 1.09. The Morgan fingerprint density at radius 2 is 1.76 bits per heavy atom. The zero-order chi connectivity index (χ0) is 24.9. The fourth-order valence-electron chi connectivity index (χ4n) is 3.77. The molecular formula is C24H29Cl2N3O4S. The molecule has 1 atom stereocenters. The molecule has 2 aromatic rings. The largest absolute Gasteiger partial charge is 0.352 e. The van der Waals surface area contributed by atoms with Crippen LogP contribution in [0, 0.1) is 11.8 Å². The molecule has 1 saturated heterocycles. The van der Waals surface area contributed by atoms with E-state index >= 15 is 0 Å². The lowest BCUT2D eigenvalue weighted by Crippen LogP contribution is -2.44. The van der Waals surface area contributed by atoms with Crippen molar-refractivity contribution in [2.75, 3.05) is 25.0 Å². The molecule has 1 fully saturated rings. The van der Waals surface area contributed by atoms with Crippen LogP contribution in [-0.4, -0.2) is 44.2 Å². The number of nitrogens with zero attached hydrogens (tertiary/aromatic N) is 1. The molecule has 2 aromatic carbocycles. The molecule has 0 aliphatic carbocycles. The minimum Gasteiger partial charge on any atom is -0.352 e. The van der Waals surface area contributed by atoms with E-state index in [9.17, 15) is 18.0 Å². The number of piperidine rings is 1. The number of hydrogen-bond donors (Lipinski definition) is 2. The first-order chi connectivity index (χ1) is 16.1. The molecule has 0 spiro atoms. The van der Waals surface area contributed by atoms with Crippen molar-refractivity contribution in [3.63, 3.8) is 0 Å². The van der Waals surface area contributed by atoms with Crippen LogP contribution < -0.4 is 10.6 Å². The number of para-hydroxylation sites is 1. The second-order valence-corrected chi connectivity index (χ2v) is 11.6. The summed E-state index contributed by atoms with van der Waals surface area (Å²) >= 11 is 12.3. The first kappa shape index (κ1) is 26.5. The van der Waals surface area contributed by atoms with Crippen LogP contribution in [0.25, 0.3) is 0 Å². The van der Waals surface area contributed by atoms with Crippen molar-refractivity contribution < 1.29 is 18.0 Å². The third-order valence-corrected chi connectivity index (χ3v) is 8.12. The predicted octanol–water partition coefficient (Wildman–Crippen LogP) is 4.56. The van der Waals surface area contributed by atoms with Gasteiger partial charge in [0.05, 0.1) is 22.9 Å². The van der Waals surface area contributed by atoms with Crippen molar-refractivity contribution in [3.05, 3.63) is 63.6 Å². The van der Waals surface area contributed by atoms with E-state index in [2.05, 4.69) is 10.6 Å². The Bertz CT molecular complexity index is 1130. The minimum atomic E-state index is -3.74. The standard InChI is InChI=1S/C24H29Cl2N3O4S/c1-16(2)13-27-24(31)18-8-3-4-11-22(18)28-23(30)17-7-6-12-29(14-17)34(32,33)15-19-20(25)9-5-10-21(19)26/h3-5,8-11,16-17H,6-7,12-15H2,1-2H3,(H,27,31)(H,28,30). The van der Waals surface area contributed by atoms with Gasteiger partial charge in [-0.15, -0.1) is 0 Å². The molecule has 184 valence electrons. The number of carbonyl (C=O) groups is 2. The van der Waals surface area contributed by atoms with Gasteiger partial charge in [-0.05, 0) is 43.0 Å². The Labute approximate surface area is 210 Å².